The fourth-order valence-electron chi connectivity index (χ4n) is 4.89. The Morgan fingerprint density at radius 2 is 1.94 bits per heavy atom. The highest BCUT2D eigenvalue weighted by Crippen LogP contribution is 2.40. The van der Waals surface area contributed by atoms with Crippen LogP contribution in [0, 0.1) is 0 Å². The number of hydrogen-bond donors (Lipinski definition) is 3. The Hall–Kier alpha value is -3.33. The summed E-state index contributed by atoms with van der Waals surface area (Å²) in [5.74, 6) is -0.646. The van der Waals surface area contributed by atoms with Gasteiger partial charge in [0.25, 0.3) is 5.91 Å². The monoisotopic (exact) mass is 478 g/mol. The van der Waals surface area contributed by atoms with E-state index in [1.807, 2.05) is 36.4 Å². The number of nitrogens with one attached hydrogen (secondary N) is 3. The van der Waals surface area contributed by atoms with E-state index < -0.39 is 11.6 Å². The topological polar surface area (TPSA) is 108 Å². The Kier molecular flexibility index (Phi) is 5.81. The van der Waals surface area contributed by atoms with Gasteiger partial charge in [-0.15, -0.1) is 11.8 Å². The first kappa shape index (κ1) is 22.5. The molecule has 2 aliphatic heterocycles. The number of thioether (sulfide) groups is 1. The largest absolute Gasteiger partial charge is 0.325 e. The molecule has 2 aromatic rings. The van der Waals surface area contributed by atoms with Crippen LogP contribution in [0.15, 0.2) is 47.4 Å². The molecule has 1 saturated heterocycles. The lowest BCUT2D eigenvalue weighted by Gasteiger charge is -2.33. The molecule has 3 N–H and O–H groups in total. The normalized spacial score (nSPS) is 22.9. The molecule has 2 atom stereocenters. The number of carbonyl (C=O) groups excluding carboxylic acids is 4. The molecule has 3 aliphatic rings. The van der Waals surface area contributed by atoms with E-state index in [1.165, 1.54) is 0 Å². The standard InChI is InChI=1S/C25H26N4O4S/c1-2-3-7-20-22(31)29(18-6-4-5-8-19(18)34-20)14-21(30)26-17-10-9-15-12-25(13-16(15)11-17)23(32)27-24(33)28-25/h4-6,8-11,20H,2-3,7,12-14H2,1H3,(H,26,30)(H2,27,28,32,33). The lowest BCUT2D eigenvalue weighted by atomic mass is 9.96. The van der Waals surface area contributed by atoms with Gasteiger partial charge < -0.3 is 15.5 Å². The Labute approximate surface area is 201 Å². The number of hydrogen-bond acceptors (Lipinski definition) is 5. The van der Waals surface area contributed by atoms with Crippen LogP contribution in [0.1, 0.15) is 37.3 Å². The van der Waals surface area contributed by atoms with Crippen LogP contribution in [-0.2, 0) is 27.2 Å². The first-order valence-electron chi connectivity index (χ1n) is 11.5. The molecular weight excluding hydrogens is 452 g/mol. The van der Waals surface area contributed by atoms with Crippen molar-refractivity contribution in [1.82, 2.24) is 10.6 Å². The molecule has 0 radical (unpaired) electrons. The molecule has 1 spiro atoms. The van der Waals surface area contributed by atoms with Gasteiger partial charge in [0.1, 0.15) is 12.1 Å². The van der Waals surface area contributed by atoms with Crippen molar-refractivity contribution in [2.45, 2.75) is 54.7 Å². The van der Waals surface area contributed by atoms with Gasteiger partial charge in [0.05, 0.1) is 10.9 Å². The van der Waals surface area contributed by atoms with Crippen LogP contribution in [0.2, 0.25) is 0 Å². The Morgan fingerprint density at radius 1 is 1.15 bits per heavy atom. The van der Waals surface area contributed by atoms with Crippen LogP contribution in [0.3, 0.4) is 0 Å². The van der Waals surface area contributed by atoms with Gasteiger partial charge in [0.15, 0.2) is 0 Å². The third-order valence-corrected chi connectivity index (χ3v) is 7.90. The van der Waals surface area contributed by atoms with Crippen LogP contribution in [0.5, 0.6) is 0 Å². The second-order valence-electron chi connectivity index (χ2n) is 9.02. The van der Waals surface area contributed by atoms with E-state index in [9.17, 15) is 19.2 Å². The molecular formula is C25H26N4O4S. The van der Waals surface area contributed by atoms with Gasteiger partial charge in [0.2, 0.25) is 11.8 Å². The molecule has 34 heavy (non-hydrogen) atoms. The van der Waals surface area contributed by atoms with Crippen molar-refractivity contribution in [3.8, 4) is 0 Å². The highest BCUT2D eigenvalue weighted by atomic mass is 32.2. The zero-order valence-electron chi connectivity index (χ0n) is 18.8. The van der Waals surface area contributed by atoms with Crippen molar-refractivity contribution in [2.24, 2.45) is 0 Å². The molecule has 1 fully saturated rings. The fraction of sp³-hybridized carbons (Fsp3) is 0.360. The second kappa shape index (κ2) is 8.79. The maximum Gasteiger partial charge on any atom is 0.322 e. The molecule has 176 valence electrons. The summed E-state index contributed by atoms with van der Waals surface area (Å²) in [6.45, 7) is 2.03. The van der Waals surface area contributed by atoms with Crippen molar-refractivity contribution in [1.29, 1.82) is 0 Å². The lowest BCUT2D eigenvalue weighted by molar-refractivity contribution is -0.123. The van der Waals surface area contributed by atoms with Gasteiger partial charge >= 0.3 is 6.03 Å². The Morgan fingerprint density at radius 3 is 2.71 bits per heavy atom. The molecule has 5 rings (SSSR count). The number of benzene rings is 2. The molecule has 0 aromatic heterocycles. The molecule has 2 aromatic carbocycles. The number of unbranched alkanes of at least 4 members (excludes halogenated alkanes) is 1. The van der Waals surface area contributed by atoms with Crippen molar-refractivity contribution < 1.29 is 19.2 Å². The van der Waals surface area contributed by atoms with Crippen molar-refractivity contribution in [3.63, 3.8) is 0 Å². The van der Waals surface area contributed by atoms with Gasteiger partial charge in [-0.1, -0.05) is 38.0 Å². The highest BCUT2D eigenvalue weighted by Gasteiger charge is 2.50. The van der Waals surface area contributed by atoms with Gasteiger partial charge in [-0.05, 0) is 41.8 Å². The van der Waals surface area contributed by atoms with Crippen LogP contribution >= 0.6 is 11.8 Å². The first-order chi connectivity index (χ1) is 16.4. The average molecular weight is 479 g/mol. The number of amides is 5. The molecule has 1 aliphatic carbocycles. The maximum atomic E-state index is 13.2. The predicted octanol–water partition coefficient (Wildman–Crippen LogP) is 3.00. The summed E-state index contributed by atoms with van der Waals surface area (Å²) in [6, 6.07) is 12.7. The van der Waals surface area contributed by atoms with E-state index in [0.29, 0.717) is 18.5 Å². The number of urea groups is 1. The molecule has 9 heteroatoms. The van der Waals surface area contributed by atoms with E-state index in [4.69, 9.17) is 0 Å². The predicted molar refractivity (Wildman–Crippen MR) is 130 cm³/mol. The summed E-state index contributed by atoms with van der Waals surface area (Å²) < 4.78 is 0. The van der Waals surface area contributed by atoms with E-state index in [1.54, 1.807) is 22.7 Å². The minimum Gasteiger partial charge on any atom is -0.325 e. The summed E-state index contributed by atoms with van der Waals surface area (Å²) in [5.41, 5.74) is 2.29. The third kappa shape index (κ3) is 4.04. The summed E-state index contributed by atoms with van der Waals surface area (Å²) in [5, 5.41) is 7.76. The Bertz CT molecular complexity index is 1200. The summed E-state index contributed by atoms with van der Waals surface area (Å²) in [7, 11) is 0. The zero-order valence-corrected chi connectivity index (χ0v) is 19.7. The Balaban J connectivity index is 1.30. The SMILES string of the molecule is CCCCC1Sc2ccccc2N(CC(=O)Nc2ccc3c(c2)CC2(C3)NC(=O)NC2=O)C1=O. The molecule has 2 unspecified atom stereocenters. The van der Waals surface area contributed by atoms with Crippen LogP contribution in [0.25, 0.3) is 0 Å². The highest BCUT2D eigenvalue weighted by molar-refractivity contribution is 8.01. The smallest absolute Gasteiger partial charge is 0.322 e. The molecule has 0 bridgehead atoms. The van der Waals surface area contributed by atoms with E-state index in [0.717, 1.165) is 41.0 Å². The summed E-state index contributed by atoms with van der Waals surface area (Å²) in [6.07, 6.45) is 3.54. The number of fused-ring (bicyclic) bond motifs is 2. The number of imide groups is 1. The average Bonchev–Trinajstić information content (AvgIpc) is 3.31. The molecule has 0 saturated carbocycles. The fourth-order valence-corrected chi connectivity index (χ4v) is 6.16. The van der Waals surface area contributed by atoms with Crippen molar-refractivity contribution in [3.05, 3.63) is 53.6 Å². The van der Waals surface area contributed by atoms with E-state index in [2.05, 4.69) is 22.9 Å². The number of nitrogens with zero attached hydrogens (tertiary/aromatic N) is 1. The number of rotatable bonds is 6. The van der Waals surface area contributed by atoms with Gasteiger partial charge in [-0.25, -0.2) is 4.79 Å². The minimum absolute atomic E-state index is 0.0359. The number of carbonyl (C=O) groups is 4. The minimum atomic E-state index is -0.947. The summed E-state index contributed by atoms with van der Waals surface area (Å²) >= 11 is 1.58. The van der Waals surface area contributed by atoms with Gasteiger partial charge in [-0.3, -0.25) is 19.7 Å². The van der Waals surface area contributed by atoms with E-state index >= 15 is 0 Å². The van der Waals surface area contributed by atoms with Crippen molar-refractivity contribution in [2.75, 3.05) is 16.8 Å². The quantitative estimate of drug-likeness (QED) is 0.554. The van der Waals surface area contributed by atoms with E-state index in [-0.39, 0.29) is 29.5 Å². The number of para-hydroxylation sites is 1. The molecule has 5 amide bonds. The van der Waals surface area contributed by atoms with Gasteiger partial charge in [0, 0.05) is 23.4 Å². The molecule has 8 nitrogen and oxygen atoms in total. The number of anilines is 2. The second-order valence-corrected chi connectivity index (χ2v) is 10.3. The first-order valence-corrected chi connectivity index (χ1v) is 12.4. The lowest BCUT2D eigenvalue weighted by Crippen LogP contribution is -2.47. The third-order valence-electron chi connectivity index (χ3n) is 6.58. The van der Waals surface area contributed by atoms with Gasteiger partial charge in [-0.2, -0.15) is 0 Å². The van der Waals surface area contributed by atoms with Crippen molar-refractivity contribution >= 4 is 46.9 Å². The molecule has 2 heterocycles. The van der Waals surface area contributed by atoms with Crippen LogP contribution in [-0.4, -0.2) is 41.1 Å². The van der Waals surface area contributed by atoms with Crippen LogP contribution < -0.4 is 20.9 Å². The zero-order chi connectivity index (χ0) is 23.9. The van der Waals surface area contributed by atoms with Crippen LogP contribution in [0.4, 0.5) is 16.2 Å². The maximum absolute atomic E-state index is 13.2. The summed E-state index contributed by atoms with van der Waals surface area (Å²) in [4.78, 5) is 52.7.